The van der Waals surface area contributed by atoms with Gasteiger partial charge in [-0.1, -0.05) is 0 Å². The lowest BCUT2D eigenvalue weighted by atomic mass is 10.0. The Morgan fingerprint density at radius 2 is 1.27 bits per heavy atom. The molecule has 0 unspecified atom stereocenters. The van der Waals surface area contributed by atoms with Crippen LogP contribution in [0.15, 0.2) is 54.7 Å². The first-order chi connectivity index (χ1) is 12.7. The van der Waals surface area contributed by atoms with Gasteiger partial charge in [0.05, 0.1) is 38.9 Å². The zero-order valence-electron chi connectivity index (χ0n) is 14.7. The summed E-state index contributed by atoms with van der Waals surface area (Å²) in [6.07, 6.45) is 1.42. The molecule has 0 atom stereocenters. The maximum absolute atomic E-state index is 11.9. The van der Waals surface area contributed by atoms with E-state index in [1.807, 2.05) is 48.5 Å². The number of ether oxygens (including phenoxy) is 3. The number of methoxy groups -OCH3 is 3. The molecule has 3 aromatic rings. The van der Waals surface area contributed by atoms with Gasteiger partial charge in [0.1, 0.15) is 11.5 Å². The fourth-order valence-electron chi connectivity index (χ4n) is 2.50. The third kappa shape index (κ3) is 3.49. The van der Waals surface area contributed by atoms with Crippen LogP contribution in [-0.4, -0.2) is 37.3 Å². The zero-order valence-corrected chi connectivity index (χ0v) is 14.7. The lowest BCUT2D eigenvalue weighted by Gasteiger charge is -2.11. The number of carbonyl (C=O) groups excluding carboxylic acids is 1. The van der Waals surface area contributed by atoms with Gasteiger partial charge >= 0.3 is 5.97 Å². The Kier molecular flexibility index (Phi) is 5.12. The van der Waals surface area contributed by atoms with Crippen molar-refractivity contribution in [2.24, 2.45) is 0 Å². The standard InChI is InChI=1S/C20H18N2O4/c1-24-15-8-4-13(5-9-15)18-19(14-6-10-16(25-2)11-7-14)22-17(12-21-18)20(23)26-3/h4-12H,1-3H3. The summed E-state index contributed by atoms with van der Waals surface area (Å²) in [6.45, 7) is 0. The Hall–Kier alpha value is -3.41. The minimum absolute atomic E-state index is 0.149. The maximum Gasteiger partial charge on any atom is 0.358 e. The average molecular weight is 350 g/mol. The van der Waals surface area contributed by atoms with Crippen LogP contribution >= 0.6 is 0 Å². The molecule has 0 amide bonds. The number of nitrogens with zero attached hydrogens (tertiary/aromatic N) is 2. The SMILES string of the molecule is COC(=O)c1cnc(-c2ccc(OC)cc2)c(-c2ccc(OC)cc2)n1. The summed E-state index contributed by atoms with van der Waals surface area (Å²) >= 11 is 0. The summed E-state index contributed by atoms with van der Waals surface area (Å²) in [5.74, 6) is 0.948. The molecule has 0 aliphatic carbocycles. The van der Waals surface area contributed by atoms with Gasteiger partial charge in [-0.15, -0.1) is 0 Å². The minimum Gasteiger partial charge on any atom is -0.497 e. The molecule has 0 bridgehead atoms. The molecule has 0 fully saturated rings. The lowest BCUT2D eigenvalue weighted by molar-refractivity contribution is 0.0593. The van der Waals surface area contributed by atoms with Gasteiger partial charge in [0.25, 0.3) is 0 Å². The molecule has 6 nitrogen and oxygen atoms in total. The molecule has 3 rings (SSSR count). The molecule has 0 radical (unpaired) electrons. The van der Waals surface area contributed by atoms with Gasteiger partial charge in [-0.2, -0.15) is 0 Å². The van der Waals surface area contributed by atoms with Gasteiger partial charge in [-0.05, 0) is 48.5 Å². The summed E-state index contributed by atoms with van der Waals surface area (Å²) in [7, 11) is 4.53. The fraction of sp³-hybridized carbons (Fsp3) is 0.150. The van der Waals surface area contributed by atoms with E-state index in [0.717, 1.165) is 22.6 Å². The van der Waals surface area contributed by atoms with Crippen molar-refractivity contribution in [2.75, 3.05) is 21.3 Å². The number of rotatable bonds is 5. The van der Waals surface area contributed by atoms with E-state index in [9.17, 15) is 4.79 Å². The van der Waals surface area contributed by atoms with E-state index >= 15 is 0 Å². The number of esters is 1. The van der Waals surface area contributed by atoms with Crippen molar-refractivity contribution in [3.8, 4) is 34.0 Å². The van der Waals surface area contributed by atoms with Crippen LogP contribution in [0.25, 0.3) is 22.5 Å². The third-order valence-electron chi connectivity index (χ3n) is 3.89. The second-order valence-corrected chi connectivity index (χ2v) is 5.40. The molecule has 132 valence electrons. The minimum atomic E-state index is -0.534. The van der Waals surface area contributed by atoms with Crippen molar-refractivity contribution in [1.82, 2.24) is 9.97 Å². The Morgan fingerprint density at radius 3 is 1.73 bits per heavy atom. The predicted octanol–water partition coefficient (Wildman–Crippen LogP) is 3.61. The van der Waals surface area contributed by atoms with Crippen LogP contribution in [0.5, 0.6) is 11.5 Å². The van der Waals surface area contributed by atoms with Crippen LogP contribution < -0.4 is 9.47 Å². The van der Waals surface area contributed by atoms with Gasteiger partial charge in [0.2, 0.25) is 0 Å². The number of hydrogen-bond donors (Lipinski definition) is 0. The highest BCUT2D eigenvalue weighted by Gasteiger charge is 2.16. The van der Waals surface area contributed by atoms with E-state index in [0.29, 0.717) is 11.4 Å². The van der Waals surface area contributed by atoms with Crippen LogP contribution in [0.3, 0.4) is 0 Å². The van der Waals surface area contributed by atoms with Crippen LogP contribution in [0.1, 0.15) is 10.5 Å². The quantitative estimate of drug-likeness (QED) is 0.655. The monoisotopic (exact) mass is 350 g/mol. The first-order valence-electron chi connectivity index (χ1n) is 7.90. The van der Waals surface area contributed by atoms with Gasteiger partial charge in [-0.25, -0.2) is 9.78 Å². The van der Waals surface area contributed by atoms with Crippen LogP contribution in [-0.2, 0) is 4.74 Å². The highest BCUT2D eigenvalue weighted by molar-refractivity contribution is 5.89. The first kappa shape index (κ1) is 17.4. The fourth-order valence-corrected chi connectivity index (χ4v) is 2.50. The molecular weight excluding hydrogens is 332 g/mol. The van der Waals surface area contributed by atoms with Crippen molar-refractivity contribution >= 4 is 5.97 Å². The van der Waals surface area contributed by atoms with Gasteiger partial charge in [-0.3, -0.25) is 4.98 Å². The van der Waals surface area contributed by atoms with E-state index < -0.39 is 5.97 Å². The normalized spacial score (nSPS) is 10.3. The molecule has 0 saturated heterocycles. The summed E-state index contributed by atoms with van der Waals surface area (Å²) in [5, 5.41) is 0. The number of benzene rings is 2. The summed E-state index contributed by atoms with van der Waals surface area (Å²) in [5.41, 5.74) is 3.07. The predicted molar refractivity (Wildman–Crippen MR) is 97.3 cm³/mol. The van der Waals surface area contributed by atoms with Crippen molar-refractivity contribution in [1.29, 1.82) is 0 Å². The summed E-state index contributed by atoms with van der Waals surface area (Å²) in [6, 6.07) is 14.9. The Balaban J connectivity index is 2.14. The van der Waals surface area contributed by atoms with Crippen molar-refractivity contribution in [3.05, 3.63) is 60.4 Å². The molecule has 0 aliphatic rings. The summed E-state index contributed by atoms with van der Waals surface area (Å²) < 4.78 is 15.2. The van der Waals surface area contributed by atoms with Crippen molar-refractivity contribution in [3.63, 3.8) is 0 Å². The average Bonchev–Trinajstić information content (AvgIpc) is 2.73. The highest BCUT2D eigenvalue weighted by atomic mass is 16.5. The van der Waals surface area contributed by atoms with E-state index in [4.69, 9.17) is 14.2 Å². The molecular formula is C20H18N2O4. The second kappa shape index (κ2) is 7.65. The van der Waals surface area contributed by atoms with E-state index in [-0.39, 0.29) is 5.69 Å². The van der Waals surface area contributed by atoms with Crippen molar-refractivity contribution in [2.45, 2.75) is 0 Å². The Bertz CT molecular complexity index is 906. The molecule has 6 heteroatoms. The van der Waals surface area contributed by atoms with Crippen LogP contribution in [0.2, 0.25) is 0 Å². The molecule has 2 aromatic carbocycles. The van der Waals surface area contributed by atoms with E-state index in [1.54, 1.807) is 14.2 Å². The molecule has 1 aromatic heterocycles. The van der Waals surface area contributed by atoms with Gasteiger partial charge < -0.3 is 14.2 Å². The topological polar surface area (TPSA) is 70.5 Å². The molecule has 26 heavy (non-hydrogen) atoms. The van der Waals surface area contributed by atoms with Crippen LogP contribution in [0.4, 0.5) is 0 Å². The Labute approximate surface area is 151 Å². The zero-order chi connectivity index (χ0) is 18.5. The van der Waals surface area contributed by atoms with Crippen LogP contribution in [0, 0.1) is 0 Å². The second-order valence-electron chi connectivity index (χ2n) is 5.40. The molecule has 0 saturated carbocycles. The lowest BCUT2D eigenvalue weighted by Crippen LogP contribution is -2.07. The van der Waals surface area contributed by atoms with Crippen molar-refractivity contribution < 1.29 is 19.0 Å². The third-order valence-corrected chi connectivity index (χ3v) is 3.89. The maximum atomic E-state index is 11.9. The number of hydrogen-bond acceptors (Lipinski definition) is 6. The highest BCUT2D eigenvalue weighted by Crippen LogP contribution is 2.31. The summed E-state index contributed by atoms with van der Waals surface area (Å²) in [4.78, 5) is 20.8. The van der Waals surface area contributed by atoms with Gasteiger partial charge in [0.15, 0.2) is 5.69 Å². The van der Waals surface area contributed by atoms with Gasteiger partial charge in [0, 0.05) is 11.1 Å². The molecule has 0 aliphatic heterocycles. The molecule has 0 N–H and O–H groups in total. The van der Waals surface area contributed by atoms with E-state index in [2.05, 4.69) is 9.97 Å². The molecule has 1 heterocycles. The largest absolute Gasteiger partial charge is 0.497 e. The Morgan fingerprint density at radius 1 is 0.769 bits per heavy atom. The first-order valence-corrected chi connectivity index (χ1v) is 7.90. The number of aromatic nitrogens is 2. The molecule has 0 spiro atoms. The smallest absolute Gasteiger partial charge is 0.358 e. The number of carbonyl (C=O) groups is 1. The van der Waals surface area contributed by atoms with E-state index in [1.165, 1.54) is 13.3 Å².